The number of benzene rings is 3. The van der Waals surface area contributed by atoms with Gasteiger partial charge in [-0.15, -0.1) is 0 Å². The molecule has 0 radical (unpaired) electrons. The van der Waals surface area contributed by atoms with Gasteiger partial charge < -0.3 is 9.64 Å². The van der Waals surface area contributed by atoms with Gasteiger partial charge in [-0.2, -0.15) is 12.7 Å². The molecule has 1 amide bonds. The quantitative estimate of drug-likeness (QED) is 0.406. The Balaban J connectivity index is 1.58. The lowest BCUT2D eigenvalue weighted by Crippen LogP contribution is -2.40. The summed E-state index contributed by atoms with van der Waals surface area (Å²) in [6, 6.07) is 14.9. The summed E-state index contributed by atoms with van der Waals surface area (Å²) >= 11 is 12.1. The van der Waals surface area contributed by atoms with Gasteiger partial charge in [-0.1, -0.05) is 35.3 Å². The highest BCUT2D eigenvalue weighted by Gasteiger charge is 2.26. The Hall–Kier alpha value is -2.85. The Morgan fingerprint density at radius 3 is 2.54 bits per heavy atom. The van der Waals surface area contributed by atoms with Crippen LogP contribution in [0.25, 0.3) is 0 Å². The van der Waals surface area contributed by atoms with Crippen molar-refractivity contribution in [1.29, 1.82) is 0 Å². The first-order valence-corrected chi connectivity index (χ1v) is 13.7. The van der Waals surface area contributed by atoms with Gasteiger partial charge in [0.2, 0.25) is 0 Å². The van der Waals surface area contributed by atoms with Crippen molar-refractivity contribution in [2.75, 3.05) is 25.5 Å². The number of anilines is 1. The number of halogens is 3. The summed E-state index contributed by atoms with van der Waals surface area (Å²) in [7, 11) is -1.22. The zero-order valence-electron chi connectivity index (χ0n) is 20.3. The van der Waals surface area contributed by atoms with E-state index in [0.29, 0.717) is 46.4 Å². The van der Waals surface area contributed by atoms with E-state index in [9.17, 15) is 17.6 Å². The molecule has 11 heteroatoms. The minimum atomic E-state index is -3.92. The summed E-state index contributed by atoms with van der Waals surface area (Å²) in [5.41, 5.74) is 3.08. The van der Waals surface area contributed by atoms with E-state index in [-0.39, 0.29) is 6.61 Å². The average molecular weight is 566 g/mol. The van der Waals surface area contributed by atoms with Gasteiger partial charge in [0.05, 0.1) is 0 Å². The minimum absolute atomic E-state index is 0.0128. The lowest BCUT2D eigenvalue weighted by Gasteiger charge is -2.33. The molecule has 0 aromatic heterocycles. The number of amides is 1. The van der Waals surface area contributed by atoms with Gasteiger partial charge in [-0.05, 0) is 60.9 Å². The molecule has 0 aliphatic carbocycles. The Morgan fingerprint density at radius 1 is 1.08 bits per heavy atom. The largest absolute Gasteiger partial charge is 0.488 e. The zero-order chi connectivity index (χ0) is 26.7. The van der Waals surface area contributed by atoms with E-state index in [1.807, 2.05) is 6.07 Å². The summed E-state index contributed by atoms with van der Waals surface area (Å²) in [4.78, 5) is 15.0. The Labute approximate surface area is 225 Å². The smallest absolute Gasteiger partial charge is 0.303 e. The van der Waals surface area contributed by atoms with Crippen LogP contribution in [-0.2, 0) is 29.8 Å². The molecule has 1 aliphatic heterocycles. The van der Waals surface area contributed by atoms with E-state index in [1.54, 1.807) is 42.5 Å². The molecule has 0 unspecified atom stereocenters. The lowest BCUT2D eigenvalue weighted by atomic mass is 9.95. The van der Waals surface area contributed by atoms with Gasteiger partial charge in [0.25, 0.3) is 5.91 Å². The van der Waals surface area contributed by atoms with E-state index >= 15 is 0 Å². The van der Waals surface area contributed by atoms with Crippen LogP contribution in [0.3, 0.4) is 0 Å². The van der Waals surface area contributed by atoms with E-state index < -0.39 is 21.9 Å². The van der Waals surface area contributed by atoms with Gasteiger partial charge in [0, 0.05) is 59.6 Å². The molecule has 4 rings (SSSR count). The minimum Gasteiger partial charge on any atom is -0.488 e. The van der Waals surface area contributed by atoms with Crippen LogP contribution in [0.1, 0.15) is 33.5 Å². The molecular formula is C26H26Cl2FN3O4S. The molecule has 1 heterocycles. The number of hydrogen-bond donors (Lipinski definition) is 1. The van der Waals surface area contributed by atoms with Crippen molar-refractivity contribution >= 4 is 45.0 Å². The van der Waals surface area contributed by atoms with Crippen LogP contribution in [0.15, 0.2) is 54.6 Å². The number of ether oxygens (including phenoxy) is 1. The predicted molar refractivity (Wildman–Crippen MR) is 143 cm³/mol. The molecule has 37 heavy (non-hydrogen) atoms. The summed E-state index contributed by atoms with van der Waals surface area (Å²) in [5.74, 6) is -0.573. The van der Waals surface area contributed by atoms with E-state index in [0.717, 1.165) is 27.5 Å². The van der Waals surface area contributed by atoms with Gasteiger partial charge >= 0.3 is 10.2 Å². The fraction of sp³-hybridized carbons (Fsp3) is 0.269. The van der Waals surface area contributed by atoms with Crippen molar-refractivity contribution in [2.45, 2.75) is 26.0 Å². The second kappa shape index (κ2) is 11.3. The van der Waals surface area contributed by atoms with E-state index in [2.05, 4.69) is 9.62 Å². The van der Waals surface area contributed by atoms with Crippen LogP contribution < -0.4 is 14.4 Å². The van der Waals surface area contributed by atoms with E-state index in [1.165, 1.54) is 20.2 Å². The maximum atomic E-state index is 14.2. The molecule has 0 saturated carbocycles. The molecule has 0 bridgehead atoms. The predicted octanol–water partition coefficient (Wildman–Crippen LogP) is 5.20. The average Bonchev–Trinajstić information content (AvgIpc) is 2.84. The third-order valence-corrected chi connectivity index (χ3v) is 7.95. The van der Waals surface area contributed by atoms with Crippen molar-refractivity contribution in [2.24, 2.45) is 0 Å². The van der Waals surface area contributed by atoms with Crippen molar-refractivity contribution in [3.63, 3.8) is 0 Å². The molecule has 0 atom stereocenters. The first kappa shape index (κ1) is 27.2. The molecule has 0 fully saturated rings. The van der Waals surface area contributed by atoms with Crippen LogP contribution in [0.5, 0.6) is 5.75 Å². The molecule has 196 valence electrons. The number of rotatable bonds is 8. The first-order chi connectivity index (χ1) is 17.5. The maximum Gasteiger partial charge on any atom is 0.303 e. The second-order valence-electron chi connectivity index (χ2n) is 8.82. The molecule has 0 spiro atoms. The monoisotopic (exact) mass is 565 g/mol. The zero-order valence-corrected chi connectivity index (χ0v) is 22.6. The SMILES string of the molecule is CN(C)S(=O)(=O)NC(=O)c1cccc2c1CCCN2Cc1cc(Cl)ccc1OCc1ccc(Cl)cc1F. The Kier molecular flexibility index (Phi) is 8.28. The number of hydrogen-bond acceptors (Lipinski definition) is 5. The standard InChI is InChI=1S/C26H26Cl2FN3O4S/c1-31(2)37(34,35)30-26(33)22-5-3-7-24-21(22)6-4-12-32(24)15-18-13-19(27)10-11-25(18)36-16-17-8-9-20(28)14-23(17)29/h3,5,7-11,13-14H,4,6,12,15-16H2,1-2H3,(H,30,33). The second-order valence-corrected chi connectivity index (χ2v) is 11.6. The molecular weight excluding hydrogens is 540 g/mol. The number of nitrogens with zero attached hydrogens (tertiary/aromatic N) is 2. The Morgan fingerprint density at radius 2 is 1.81 bits per heavy atom. The van der Waals surface area contributed by atoms with Crippen LogP contribution >= 0.6 is 23.2 Å². The molecule has 7 nitrogen and oxygen atoms in total. The van der Waals surface area contributed by atoms with Gasteiger partial charge in [-0.25, -0.2) is 9.11 Å². The molecule has 1 aliphatic rings. The summed E-state index contributed by atoms with van der Waals surface area (Å²) in [5, 5.41) is 0.837. The number of carbonyl (C=O) groups is 1. The third kappa shape index (κ3) is 6.35. The normalized spacial score (nSPS) is 13.4. The van der Waals surface area contributed by atoms with Crippen molar-refractivity contribution in [3.8, 4) is 5.75 Å². The highest BCUT2D eigenvalue weighted by Crippen LogP contribution is 2.34. The summed E-state index contributed by atoms with van der Waals surface area (Å²) in [6.07, 6.45) is 1.40. The topological polar surface area (TPSA) is 79.0 Å². The van der Waals surface area contributed by atoms with Gasteiger partial charge in [-0.3, -0.25) is 4.79 Å². The fourth-order valence-corrected chi connectivity index (χ4v) is 5.03. The van der Waals surface area contributed by atoms with Crippen molar-refractivity contribution in [3.05, 3.63) is 92.7 Å². The van der Waals surface area contributed by atoms with Gasteiger partial charge in [0.15, 0.2) is 0 Å². The number of nitrogens with one attached hydrogen (secondary N) is 1. The van der Waals surface area contributed by atoms with Crippen LogP contribution in [0.4, 0.5) is 10.1 Å². The summed E-state index contributed by atoms with van der Waals surface area (Å²) in [6.45, 7) is 1.15. The Bertz CT molecular complexity index is 1430. The van der Waals surface area contributed by atoms with Crippen LogP contribution in [0, 0.1) is 5.82 Å². The van der Waals surface area contributed by atoms with Crippen LogP contribution in [-0.4, -0.2) is 39.3 Å². The highest BCUT2D eigenvalue weighted by atomic mass is 35.5. The maximum absolute atomic E-state index is 14.2. The number of carbonyl (C=O) groups excluding carboxylic acids is 1. The molecule has 0 saturated heterocycles. The molecule has 1 N–H and O–H groups in total. The highest BCUT2D eigenvalue weighted by molar-refractivity contribution is 7.87. The van der Waals surface area contributed by atoms with Crippen molar-refractivity contribution in [1.82, 2.24) is 9.03 Å². The molecule has 3 aromatic carbocycles. The number of fused-ring (bicyclic) bond motifs is 1. The summed E-state index contributed by atoms with van der Waals surface area (Å²) < 4.78 is 47.6. The van der Waals surface area contributed by atoms with E-state index in [4.69, 9.17) is 27.9 Å². The van der Waals surface area contributed by atoms with Gasteiger partial charge in [0.1, 0.15) is 18.2 Å². The molecule has 3 aromatic rings. The lowest BCUT2D eigenvalue weighted by molar-refractivity contribution is 0.0978. The fourth-order valence-electron chi connectivity index (χ4n) is 4.15. The van der Waals surface area contributed by atoms with Crippen LogP contribution in [0.2, 0.25) is 10.0 Å². The van der Waals surface area contributed by atoms with Crippen molar-refractivity contribution < 1.29 is 22.3 Å². The third-order valence-electron chi connectivity index (χ3n) is 6.08. The first-order valence-electron chi connectivity index (χ1n) is 11.5.